The van der Waals surface area contributed by atoms with Gasteiger partial charge in [-0.1, -0.05) is 32.4 Å². The number of rotatable bonds is 5. The molecule has 4 aliphatic carbocycles. The molecule has 176 valence electrons. The number of aliphatic hydroxyl groups is 1. The third-order valence-corrected chi connectivity index (χ3v) is 10.4. The molecule has 0 heterocycles. The second-order valence-electron chi connectivity index (χ2n) is 12.8. The Hall–Kier alpha value is -0.830. The van der Waals surface area contributed by atoms with Gasteiger partial charge in [0, 0.05) is 13.3 Å². The highest BCUT2D eigenvalue weighted by Gasteiger charge is 2.59. The maximum Gasteiger partial charge on any atom is 0.302 e. The molecule has 3 fully saturated rings. The van der Waals surface area contributed by atoms with Gasteiger partial charge in [-0.2, -0.15) is 0 Å². The summed E-state index contributed by atoms with van der Waals surface area (Å²) < 4.78 is 5.60. The molecule has 1 N–H and O–H groups in total. The lowest BCUT2D eigenvalue weighted by Crippen LogP contribution is -2.51. The van der Waals surface area contributed by atoms with E-state index in [2.05, 4.69) is 26.8 Å². The number of ether oxygens (including phenoxy) is 1. The Morgan fingerprint density at radius 3 is 2.61 bits per heavy atom. The monoisotopic (exact) mass is 430 g/mol. The molecule has 1 unspecified atom stereocenters. The number of fused-ring (bicyclic) bond motifs is 5. The Morgan fingerprint density at radius 2 is 1.94 bits per heavy atom. The van der Waals surface area contributed by atoms with Crippen LogP contribution in [0.2, 0.25) is 0 Å². The highest BCUT2D eigenvalue weighted by atomic mass is 16.5. The molecule has 0 aromatic heterocycles. The van der Waals surface area contributed by atoms with Crippen LogP contribution in [-0.4, -0.2) is 22.8 Å². The molecule has 0 aromatic rings. The fourth-order valence-electron chi connectivity index (χ4n) is 8.72. The minimum absolute atomic E-state index is 0.0923. The van der Waals surface area contributed by atoms with Gasteiger partial charge in [0.25, 0.3) is 0 Å². The standard InChI is InChI=1S/C28H46O3/c1-18(11-14-26(3,4)30)23-9-10-24-22-8-7-20-17-21(31-19(2)29)12-15-27(20,5)25(22)13-16-28(23,24)6/h7,18,21-25,30H,8-17H2,1-6H3/t18-,21+,22?,23-,24+,25+,27+,28-/m1/s1. The van der Waals surface area contributed by atoms with E-state index < -0.39 is 5.60 Å². The second kappa shape index (κ2) is 8.19. The lowest BCUT2D eigenvalue weighted by molar-refractivity contribution is -0.148. The van der Waals surface area contributed by atoms with Crippen LogP contribution in [0.3, 0.4) is 0 Å². The van der Waals surface area contributed by atoms with E-state index in [1.165, 1.54) is 38.5 Å². The first-order valence-corrected chi connectivity index (χ1v) is 13.0. The minimum atomic E-state index is -0.547. The van der Waals surface area contributed by atoms with Crippen molar-refractivity contribution in [1.82, 2.24) is 0 Å². The largest absolute Gasteiger partial charge is 0.462 e. The summed E-state index contributed by atoms with van der Waals surface area (Å²) in [6, 6.07) is 0. The van der Waals surface area contributed by atoms with Crippen molar-refractivity contribution in [1.29, 1.82) is 0 Å². The van der Waals surface area contributed by atoms with E-state index in [9.17, 15) is 9.90 Å². The van der Waals surface area contributed by atoms with Crippen molar-refractivity contribution in [2.45, 2.75) is 117 Å². The molecule has 0 aliphatic heterocycles. The van der Waals surface area contributed by atoms with Gasteiger partial charge in [0.2, 0.25) is 0 Å². The van der Waals surface area contributed by atoms with E-state index >= 15 is 0 Å². The number of carbonyl (C=O) groups excluding carboxylic acids is 1. The van der Waals surface area contributed by atoms with Crippen LogP contribution in [0, 0.1) is 40.4 Å². The van der Waals surface area contributed by atoms with Gasteiger partial charge in [0.05, 0.1) is 5.60 Å². The summed E-state index contributed by atoms with van der Waals surface area (Å²) in [5.41, 5.74) is 1.82. The van der Waals surface area contributed by atoms with E-state index in [-0.39, 0.29) is 12.1 Å². The number of carbonyl (C=O) groups is 1. The summed E-state index contributed by atoms with van der Waals surface area (Å²) in [4.78, 5) is 11.5. The Labute approximate surface area is 190 Å². The van der Waals surface area contributed by atoms with E-state index in [0.717, 1.165) is 49.4 Å². The van der Waals surface area contributed by atoms with Gasteiger partial charge in [-0.3, -0.25) is 4.79 Å². The fraction of sp³-hybridized carbons (Fsp3) is 0.893. The Kier molecular flexibility index (Phi) is 6.16. The van der Waals surface area contributed by atoms with Crippen molar-refractivity contribution in [3.8, 4) is 0 Å². The fourth-order valence-corrected chi connectivity index (χ4v) is 8.72. The topological polar surface area (TPSA) is 46.5 Å². The van der Waals surface area contributed by atoms with Gasteiger partial charge in [0.15, 0.2) is 0 Å². The van der Waals surface area contributed by atoms with Crippen LogP contribution < -0.4 is 0 Å². The average Bonchev–Trinajstić information content (AvgIpc) is 3.03. The van der Waals surface area contributed by atoms with Crippen molar-refractivity contribution in [3.05, 3.63) is 11.6 Å². The predicted molar refractivity (Wildman–Crippen MR) is 125 cm³/mol. The third kappa shape index (κ3) is 4.25. The van der Waals surface area contributed by atoms with E-state index in [4.69, 9.17) is 4.74 Å². The van der Waals surface area contributed by atoms with Crippen LogP contribution in [0.1, 0.15) is 106 Å². The molecule has 0 aromatic carbocycles. The summed E-state index contributed by atoms with van der Waals surface area (Å²) in [5, 5.41) is 10.2. The van der Waals surface area contributed by atoms with E-state index in [0.29, 0.717) is 16.7 Å². The summed E-state index contributed by atoms with van der Waals surface area (Å²) >= 11 is 0. The quantitative estimate of drug-likeness (QED) is 0.391. The molecule has 3 heteroatoms. The van der Waals surface area contributed by atoms with Gasteiger partial charge < -0.3 is 9.84 Å². The molecule has 0 radical (unpaired) electrons. The van der Waals surface area contributed by atoms with Gasteiger partial charge in [-0.25, -0.2) is 0 Å². The first-order chi connectivity index (χ1) is 14.4. The first-order valence-electron chi connectivity index (χ1n) is 13.0. The summed E-state index contributed by atoms with van der Waals surface area (Å²) in [6.45, 7) is 13.0. The lowest BCUT2D eigenvalue weighted by atomic mass is 9.47. The van der Waals surface area contributed by atoms with Crippen LogP contribution in [0.4, 0.5) is 0 Å². The van der Waals surface area contributed by atoms with E-state index in [1.54, 1.807) is 12.5 Å². The Balaban J connectivity index is 1.49. The molecule has 0 amide bonds. The molecule has 0 saturated heterocycles. The normalized spacial score (nSPS) is 43.3. The van der Waals surface area contributed by atoms with Crippen LogP contribution >= 0.6 is 0 Å². The van der Waals surface area contributed by atoms with Crippen LogP contribution in [0.25, 0.3) is 0 Å². The Morgan fingerprint density at radius 1 is 1.19 bits per heavy atom. The molecule has 4 aliphatic rings. The van der Waals surface area contributed by atoms with Crippen molar-refractivity contribution >= 4 is 5.97 Å². The number of esters is 1. The third-order valence-electron chi connectivity index (χ3n) is 10.4. The zero-order chi connectivity index (χ0) is 22.6. The number of hydrogen-bond acceptors (Lipinski definition) is 3. The molecular formula is C28H46O3. The maximum absolute atomic E-state index is 11.5. The van der Waals surface area contributed by atoms with Crippen LogP contribution in [-0.2, 0) is 9.53 Å². The molecule has 4 rings (SSSR count). The molecule has 31 heavy (non-hydrogen) atoms. The molecule has 3 nitrogen and oxygen atoms in total. The zero-order valence-electron chi connectivity index (χ0n) is 20.9. The molecule has 0 bridgehead atoms. The number of hydrogen-bond donors (Lipinski definition) is 1. The van der Waals surface area contributed by atoms with Gasteiger partial charge in [0.1, 0.15) is 6.10 Å². The summed E-state index contributed by atoms with van der Waals surface area (Å²) in [7, 11) is 0. The molecular weight excluding hydrogens is 384 g/mol. The summed E-state index contributed by atoms with van der Waals surface area (Å²) in [5.74, 6) is 3.84. The van der Waals surface area contributed by atoms with Gasteiger partial charge in [-0.05, 0) is 112 Å². The highest BCUT2D eigenvalue weighted by Crippen LogP contribution is 2.67. The lowest BCUT2D eigenvalue weighted by Gasteiger charge is -2.58. The zero-order valence-corrected chi connectivity index (χ0v) is 20.9. The molecule has 0 spiro atoms. The SMILES string of the molecule is CC(=O)O[C@H]1CC[C@@]2(C)C(=CCC3[C@@H]4CC[C@H]([C@H](C)CCC(C)(C)O)[C@@]4(C)CC[C@@H]32)C1. The molecule has 8 atom stereocenters. The van der Waals surface area contributed by atoms with Crippen LogP contribution in [0.5, 0.6) is 0 Å². The van der Waals surface area contributed by atoms with Gasteiger partial charge in [-0.15, -0.1) is 0 Å². The van der Waals surface area contributed by atoms with Crippen molar-refractivity contribution in [2.75, 3.05) is 0 Å². The molecule has 3 saturated carbocycles. The first kappa shape index (κ1) is 23.3. The van der Waals surface area contributed by atoms with Crippen molar-refractivity contribution in [2.24, 2.45) is 40.4 Å². The van der Waals surface area contributed by atoms with Crippen LogP contribution in [0.15, 0.2) is 11.6 Å². The maximum atomic E-state index is 11.5. The van der Waals surface area contributed by atoms with Gasteiger partial charge >= 0.3 is 5.97 Å². The predicted octanol–water partition coefficient (Wildman–Crippen LogP) is 6.68. The Bertz CT molecular complexity index is 718. The smallest absolute Gasteiger partial charge is 0.302 e. The second-order valence-corrected chi connectivity index (χ2v) is 12.8. The average molecular weight is 431 g/mol. The van der Waals surface area contributed by atoms with E-state index in [1.807, 2.05) is 13.8 Å². The number of allylic oxidation sites excluding steroid dienone is 1. The van der Waals surface area contributed by atoms with Crippen molar-refractivity contribution in [3.63, 3.8) is 0 Å². The highest BCUT2D eigenvalue weighted by molar-refractivity contribution is 5.66. The minimum Gasteiger partial charge on any atom is -0.462 e. The van der Waals surface area contributed by atoms with Crippen molar-refractivity contribution < 1.29 is 14.6 Å². The summed E-state index contributed by atoms with van der Waals surface area (Å²) in [6.07, 6.45) is 14.6.